The minimum absolute atomic E-state index is 0.276. The summed E-state index contributed by atoms with van der Waals surface area (Å²) < 4.78 is 5.02. The van der Waals surface area contributed by atoms with Gasteiger partial charge in [0, 0.05) is 19.2 Å². The molecule has 0 fully saturated rings. The lowest BCUT2D eigenvalue weighted by Crippen LogP contribution is -2.13. The van der Waals surface area contributed by atoms with Gasteiger partial charge < -0.3 is 9.84 Å². The summed E-state index contributed by atoms with van der Waals surface area (Å²) in [7, 11) is 0. The van der Waals surface area contributed by atoms with Crippen LogP contribution in [-0.4, -0.2) is 37.8 Å². The van der Waals surface area contributed by atoms with Crippen molar-refractivity contribution < 1.29 is 9.32 Å². The maximum atomic E-state index is 12.0. The number of hydrogen-bond donors (Lipinski definition) is 2. The van der Waals surface area contributed by atoms with E-state index in [2.05, 4.69) is 36.0 Å². The second-order valence-corrected chi connectivity index (χ2v) is 5.38. The fourth-order valence-electron chi connectivity index (χ4n) is 1.77. The van der Waals surface area contributed by atoms with Crippen LogP contribution in [0.2, 0.25) is 0 Å². The molecule has 3 rings (SSSR count). The quantitative estimate of drug-likeness (QED) is 0.698. The molecule has 3 aromatic heterocycles. The van der Waals surface area contributed by atoms with Crippen molar-refractivity contribution in [1.82, 2.24) is 25.3 Å². The number of aryl methyl sites for hydroxylation is 1. The number of rotatable bonds is 6. The standard InChI is InChI=1S/C13H13N7O2S/c1-8-17-11(22-20-8)4-5-14-10-3-2-9(6-15-10)12(21)18-13-19-16-7-23-13/h2-3,6-7H,4-5H2,1H3,(H,14,15)(H,18,19,21). The van der Waals surface area contributed by atoms with Crippen LogP contribution >= 0.6 is 11.3 Å². The van der Waals surface area contributed by atoms with Crippen molar-refractivity contribution in [3.8, 4) is 0 Å². The van der Waals surface area contributed by atoms with Crippen LogP contribution in [0.3, 0.4) is 0 Å². The van der Waals surface area contributed by atoms with E-state index in [9.17, 15) is 4.79 Å². The highest BCUT2D eigenvalue weighted by Crippen LogP contribution is 2.11. The molecular weight excluding hydrogens is 318 g/mol. The largest absolute Gasteiger partial charge is 0.370 e. The fourth-order valence-corrected chi connectivity index (χ4v) is 2.21. The molecule has 0 aliphatic carbocycles. The first kappa shape index (κ1) is 15.0. The molecule has 0 atom stereocenters. The van der Waals surface area contributed by atoms with Gasteiger partial charge in [0.15, 0.2) is 5.82 Å². The first-order valence-corrected chi connectivity index (χ1v) is 7.65. The number of aromatic nitrogens is 5. The van der Waals surface area contributed by atoms with Crippen molar-refractivity contribution in [3.63, 3.8) is 0 Å². The number of pyridine rings is 1. The van der Waals surface area contributed by atoms with Crippen molar-refractivity contribution >= 4 is 28.2 Å². The molecule has 0 saturated heterocycles. The molecule has 0 aliphatic heterocycles. The van der Waals surface area contributed by atoms with Crippen molar-refractivity contribution in [1.29, 1.82) is 0 Å². The number of nitrogens with zero attached hydrogens (tertiary/aromatic N) is 5. The normalized spacial score (nSPS) is 10.5. The van der Waals surface area contributed by atoms with Gasteiger partial charge in [-0.15, -0.1) is 10.2 Å². The first-order valence-electron chi connectivity index (χ1n) is 6.77. The molecule has 1 amide bonds. The number of amides is 1. The van der Waals surface area contributed by atoms with Crippen molar-refractivity contribution in [2.24, 2.45) is 0 Å². The van der Waals surface area contributed by atoms with E-state index in [1.807, 2.05) is 0 Å². The van der Waals surface area contributed by atoms with Crippen LogP contribution in [0.5, 0.6) is 0 Å². The Hall–Kier alpha value is -2.88. The Bertz CT molecular complexity index is 770. The highest BCUT2D eigenvalue weighted by molar-refractivity contribution is 7.13. The molecule has 9 nitrogen and oxygen atoms in total. The van der Waals surface area contributed by atoms with E-state index in [0.717, 1.165) is 0 Å². The molecule has 3 aromatic rings. The number of carbonyl (C=O) groups is 1. The second kappa shape index (κ2) is 6.92. The van der Waals surface area contributed by atoms with E-state index in [4.69, 9.17) is 4.52 Å². The predicted octanol–water partition coefficient (Wildman–Crippen LogP) is 1.53. The Balaban J connectivity index is 1.51. The van der Waals surface area contributed by atoms with E-state index in [-0.39, 0.29) is 5.91 Å². The van der Waals surface area contributed by atoms with Gasteiger partial charge in [-0.05, 0) is 19.1 Å². The third kappa shape index (κ3) is 4.07. The lowest BCUT2D eigenvalue weighted by Gasteiger charge is -2.05. The Morgan fingerprint density at radius 3 is 2.96 bits per heavy atom. The van der Waals surface area contributed by atoms with E-state index in [0.29, 0.717) is 41.2 Å². The molecule has 0 spiro atoms. The van der Waals surface area contributed by atoms with Crippen LogP contribution in [0.1, 0.15) is 22.1 Å². The van der Waals surface area contributed by atoms with Gasteiger partial charge in [0.25, 0.3) is 5.91 Å². The summed E-state index contributed by atoms with van der Waals surface area (Å²) in [4.78, 5) is 20.3. The molecular formula is C13H13N7O2S. The highest BCUT2D eigenvalue weighted by Gasteiger charge is 2.08. The molecule has 23 heavy (non-hydrogen) atoms. The molecule has 0 aromatic carbocycles. The number of hydrogen-bond acceptors (Lipinski definition) is 9. The molecule has 3 heterocycles. The summed E-state index contributed by atoms with van der Waals surface area (Å²) in [6.07, 6.45) is 2.09. The van der Waals surface area contributed by atoms with Crippen LogP contribution < -0.4 is 10.6 Å². The Kier molecular flexibility index (Phi) is 4.52. The average Bonchev–Trinajstić information content (AvgIpc) is 3.20. The SMILES string of the molecule is Cc1noc(CCNc2ccc(C(=O)Nc3nncs3)cn2)n1. The van der Waals surface area contributed by atoms with Gasteiger partial charge in [-0.1, -0.05) is 16.5 Å². The molecule has 2 N–H and O–H groups in total. The smallest absolute Gasteiger partial charge is 0.259 e. The lowest BCUT2D eigenvalue weighted by molar-refractivity contribution is 0.102. The van der Waals surface area contributed by atoms with Gasteiger partial charge in [-0.3, -0.25) is 10.1 Å². The second-order valence-electron chi connectivity index (χ2n) is 4.54. The Labute approximate surface area is 135 Å². The summed E-state index contributed by atoms with van der Waals surface area (Å²) >= 11 is 1.25. The maximum absolute atomic E-state index is 12.0. The average molecular weight is 331 g/mol. The van der Waals surface area contributed by atoms with Crippen LogP contribution in [0, 0.1) is 6.92 Å². The maximum Gasteiger partial charge on any atom is 0.259 e. The zero-order chi connectivity index (χ0) is 16.1. The van der Waals surface area contributed by atoms with Crippen LogP contribution in [0.4, 0.5) is 10.9 Å². The van der Waals surface area contributed by atoms with Gasteiger partial charge >= 0.3 is 0 Å². The Morgan fingerprint density at radius 1 is 1.39 bits per heavy atom. The molecule has 10 heteroatoms. The van der Waals surface area contributed by atoms with E-state index in [1.54, 1.807) is 24.6 Å². The van der Waals surface area contributed by atoms with Crippen molar-refractivity contribution in [2.75, 3.05) is 17.2 Å². The predicted molar refractivity (Wildman–Crippen MR) is 83.3 cm³/mol. The monoisotopic (exact) mass is 331 g/mol. The van der Waals surface area contributed by atoms with E-state index >= 15 is 0 Å². The molecule has 118 valence electrons. The van der Waals surface area contributed by atoms with Crippen molar-refractivity contribution in [3.05, 3.63) is 41.1 Å². The van der Waals surface area contributed by atoms with E-state index in [1.165, 1.54) is 17.5 Å². The third-order valence-corrected chi connectivity index (χ3v) is 3.43. The summed E-state index contributed by atoms with van der Waals surface area (Å²) in [5, 5.41) is 17.3. The lowest BCUT2D eigenvalue weighted by atomic mass is 10.2. The summed E-state index contributed by atoms with van der Waals surface area (Å²) in [5.41, 5.74) is 1.99. The topological polar surface area (TPSA) is 119 Å². The van der Waals surface area contributed by atoms with Gasteiger partial charge in [0.1, 0.15) is 11.3 Å². The van der Waals surface area contributed by atoms with Crippen LogP contribution in [0.15, 0.2) is 28.4 Å². The number of anilines is 2. The zero-order valence-electron chi connectivity index (χ0n) is 12.2. The first-order chi connectivity index (χ1) is 11.2. The van der Waals surface area contributed by atoms with Gasteiger partial charge in [0.05, 0.1) is 5.56 Å². The zero-order valence-corrected chi connectivity index (χ0v) is 13.0. The molecule has 0 aliphatic rings. The number of carbonyl (C=O) groups excluding carboxylic acids is 1. The van der Waals surface area contributed by atoms with Gasteiger partial charge in [-0.2, -0.15) is 4.98 Å². The third-order valence-electron chi connectivity index (χ3n) is 2.82. The fraction of sp³-hybridized carbons (Fsp3) is 0.231. The molecule has 0 bridgehead atoms. The minimum Gasteiger partial charge on any atom is -0.370 e. The number of nitrogens with one attached hydrogen (secondary N) is 2. The molecule has 0 radical (unpaired) electrons. The van der Waals surface area contributed by atoms with E-state index < -0.39 is 0 Å². The van der Waals surface area contributed by atoms with Crippen LogP contribution in [0.25, 0.3) is 0 Å². The van der Waals surface area contributed by atoms with Gasteiger partial charge in [0.2, 0.25) is 11.0 Å². The molecule has 0 saturated carbocycles. The highest BCUT2D eigenvalue weighted by atomic mass is 32.1. The Morgan fingerprint density at radius 2 is 2.30 bits per heavy atom. The van der Waals surface area contributed by atoms with Crippen molar-refractivity contribution in [2.45, 2.75) is 13.3 Å². The summed E-state index contributed by atoms with van der Waals surface area (Å²) in [6.45, 7) is 2.37. The minimum atomic E-state index is -0.276. The molecule has 0 unspecified atom stereocenters. The summed E-state index contributed by atoms with van der Waals surface area (Å²) in [6, 6.07) is 3.41. The van der Waals surface area contributed by atoms with Crippen LogP contribution in [-0.2, 0) is 6.42 Å². The van der Waals surface area contributed by atoms with Gasteiger partial charge in [-0.25, -0.2) is 4.98 Å². The summed E-state index contributed by atoms with van der Waals surface area (Å²) in [5.74, 6) is 1.57.